The van der Waals surface area contributed by atoms with E-state index in [1.54, 1.807) is 6.26 Å². The highest BCUT2D eigenvalue weighted by molar-refractivity contribution is 5.44. The molecule has 1 fully saturated rings. The summed E-state index contributed by atoms with van der Waals surface area (Å²) in [5, 5.41) is 3.96. The molecule has 0 atom stereocenters. The van der Waals surface area contributed by atoms with Gasteiger partial charge in [0, 0.05) is 6.54 Å². The van der Waals surface area contributed by atoms with Gasteiger partial charge in [-0.05, 0) is 43.9 Å². The standard InChI is InChI=1S/C14H19N3O2/c1-2-7-17(9-11-5-6-11)10-13-15-14(16-19-13)12-4-3-8-18-12/h3-4,8,11H,2,5-7,9-10H2,1H3. The fraction of sp³-hybridized carbons (Fsp3) is 0.571. The molecule has 2 aromatic rings. The summed E-state index contributed by atoms with van der Waals surface area (Å²) in [5.41, 5.74) is 0. The van der Waals surface area contributed by atoms with Gasteiger partial charge in [0.1, 0.15) is 0 Å². The second-order valence-corrected chi connectivity index (χ2v) is 5.17. The Morgan fingerprint density at radius 2 is 2.32 bits per heavy atom. The average molecular weight is 261 g/mol. The van der Waals surface area contributed by atoms with E-state index in [1.807, 2.05) is 12.1 Å². The summed E-state index contributed by atoms with van der Waals surface area (Å²) >= 11 is 0. The maximum absolute atomic E-state index is 5.30. The highest BCUT2D eigenvalue weighted by Crippen LogP contribution is 2.30. The number of hydrogen-bond acceptors (Lipinski definition) is 5. The van der Waals surface area contributed by atoms with E-state index in [0.29, 0.717) is 17.5 Å². The van der Waals surface area contributed by atoms with E-state index < -0.39 is 0 Å². The van der Waals surface area contributed by atoms with Crippen molar-refractivity contribution in [3.63, 3.8) is 0 Å². The Hall–Kier alpha value is -1.62. The van der Waals surface area contributed by atoms with Crippen LogP contribution in [0.4, 0.5) is 0 Å². The molecule has 0 spiro atoms. The van der Waals surface area contributed by atoms with Crippen LogP contribution >= 0.6 is 0 Å². The first-order valence-corrected chi connectivity index (χ1v) is 6.94. The predicted molar refractivity (Wildman–Crippen MR) is 70.3 cm³/mol. The van der Waals surface area contributed by atoms with Gasteiger partial charge in [-0.2, -0.15) is 4.98 Å². The Morgan fingerprint density at radius 3 is 3.00 bits per heavy atom. The lowest BCUT2D eigenvalue weighted by Gasteiger charge is -2.18. The fourth-order valence-electron chi connectivity index (χ4n) is 2.23. The molecule has 19 heavy (non-hydrogen) atoms. The number of furan rings is 1. The summed E-state index contributed by atoms with van der Waals surface area (Å²) < 4.78 is 10.6. The third-order valence-electron chi connectivity index (χ3n) is 3.32. The van der Waals surface area contributed by atoms with E-state index in [4.69, 9.17) is 8.94 Å². The Morgan fingerprint density at radius 1 is 1.42 bits per heavy atom. The molecule has 0 bridgehead atoms. The number of nitrogens with zero attached hydrogens (tertiary/aromatic N) is 3. The van der Waals surface area contributed by atoms with Crippen molar-refractivity contribution in [2.24, 2.45) is 5.92 Å². The van der Waals surface area contributed by atoms with Crippen LogP contribution in [-0.2, 0) is 6.54 Å². The van der Waals surface area contributed by atoms with Gasteiger partial charge in [-0.1, -0.05) is 12.1 Å². The lowest BCUT2D eigenvalue weighted by atomic mass is 10.3. The zero-order chi connectivity index (χ0) is 13.1. The molecule has 1 aliphatic rings. The molecule has 2 aromatic heterocycles. The van der Waals surface area contributed by atoms with Gasteiger partial charge in [-0.15, -0.1) is 0 Å². The first-order valence-electron chi connectivity index (χ1n) is 6.94. The summed E-state index contributed by atoms with van der Waals surface area (Å²) in [6, 6.07) is 3.66. The molecule has 0 radical (unpaired) electrons. The zero-order valence-electron chi connectivity index (χ0n) is 11.2. The Kier molecular flexibility index (Phi) is 3.64. The van der Waals surface area contributed by atoms with E-state index in [-0.39, 0.29) is 0 Å². The van der Waals surface area contributed by atoms with E-state index >= 15 is 0 Å². The van der Waals surface area contributed by atoms with Crippen molar-refractivity contribution in [2.45, 2.75) is 32.7 Å². The smallest absolute Gasteiger partial charge is 0.241 e. The molecule has 5 heteroatoms. The largest absolute Gasteiger partial charge is 0.461 e. The van der Waals surface area contributed by atoms with Crippen molar-refractivity contribution >= 4 is 0 Å². The van der Waals surface area contributed by atoms with Crippen LogP contribution in [0.1, 0.15) is 32.1 Å². The third-order valence-corrected chi connectivity index (χ3v) is 3.32. The van der Waals surface area contributed by atoms with Gasteiger partial charge in [0.15, 0.2) is 5.76 Å². The maximum atomic E-state index is 5.30. The van der Waals surface area contributed by atoms with Crippen molar-refractivity contribution in [3.8, 4) is 11.6 Å². The molecule has 5 nitrogen and oxygen atoms in total. The molecule has 0 unspecified atom stereocenters. The molecule has 102 valence electrons. The van der Waals surface area contributed by atoms with E-state index in [1.165, 1.54) is 12.8 Å². The van der Waals surface area contributed by atoms with E-state index in [2.05, 4.69) is 22.0 Å². The summed E-state index contributed by atoms with van der Waals surface area (Å²) in [4.78, 5) is 6.79. The molecule has 0 saturated heterocycles. The van der Waals surface area contributed by atoms with Crippen LogP contribution in [0.2, 0.25) is 0 Å². The van der Waals surface area contributed by atoms with Crippen LogP contribution in [0.5, 0.6) is 0 Å². The van der Waals surface area contributed by atoms with Gasteiger partial charge in [-0.25, -0.2) is 0 Å². The maximum Gasteiger partial charge on any atom is 0.241 e. The minimum Gasteiger partial charge on any atom is -0.461 e. The molecular formula is C14H19N3O2. The number of hydrogen-bond donors (Lipinski definition) is 0. The van der Waals surface area contributed by atoms with Crippen molar-refractivity contribution in [1.82, 2.24) is 15.0 Å². The molecule has 1 saturated carbocycles. The molecular weight excluding hydrogens is 242 g/mol. The van der Waals surface area contributed by atoms with Gasteiger partial charge in [-0.3, -0.25) is 4.90 Å². The van der Waals surface area contributed by atoms with Crippen LogP contribution in [-0.4, -0.2) is 28.1 Å². The van der Waals surface area contributed by atoms with E-state index in [0.717, 1.165) is 32.0 Å². The molecule has 0 amide bonds. The molecule has 0 aromatic carbocycles. The monoisotopic (exact) mass is 261 g/mol. The van der Waals surface area contributed by atoms with Crippen LogP contribution < -0.4 is 0 Å². The van der Waals surface area contributed by atoms with Gasteiger partial charge >= 0.3 is 0 Å². The summed E-state index contributed by atoms with van der Waals surface area (Å²) in [7, 11) is 0. The summed E-state index contributed by atoms with van der Waals surface area (Å²) in [6.07, 6.45) is 5.48. The topological polar surface area (TPSA) is 55.3 Å². The molecule has 3 rings (SSSR count). The summed E-state index contributed by atoms with van der Waals surface area (Å²) in [5.74, 6) is 2.72. The van der Waals surface area contributed by atoms with Gasteiger partial charge < -0.3 is 8.94 Å². The van der Waals surface area contributed by atoms with Gasteiger partial charge in [0.05, 0.1) is 12.8 Å². The highest BCUT2D eigenvalue weighted by Gasteiger charge is 2.25. The molecule has 2 heterocycles. The third kappa shape index (κ3) is 3.23. The van der Waals surface area contributed by atoms with Crippen LogP contribution in [0.15, 0.2) is 27.3 Å². The molecule has 1 aliphatic carbocycles. The minimum absolute atomic E-state index is 0.530. The Labute approximate surface area is 112 Å². The first kappa shape index (κ1) is 12.4. The predicted octanol–water partition coefficient (Wildman–Crippen LogP) is 2.95. The van der Waals surface area contributed by atoms with E-state index in [9.17, 15) is 0 Å². The van der Waals surface area contributed by atoms with Crippen molar-refractivity contribution < 1.29 is 8.94 Å². The van der Waals surface area contributed by atoms with Gasteiger partial charge in [0.25, 0.3) is 0 Å². The normalized spacial score (nSPS) is 15.3. The minimum atomic E-state index is 0.530. The first-order chi connectivity index (χ1) is 9.35. The molecule has 0 aliphatic heterocycles. The van der Waals surface area contributed by atoms with Gasteiger partial charge in [0.2, 0.25) is 11.7 Å². The highest BCUT2D eigenvalue weighted by atomic mass is 16.5. The average Bonchev–Trinajstić information content (AvgIpc) is 2.91. The van der Waals surface area contributed by atoms with Crippen molar-refractivity contribution in [3.05, 3.63) is 24.3 Å². The number of rotatable bonds is 7. The van der Waals surface area contributed by atoms with Crippen molar-refractivity contribution in [2.75, 3.05) is 13.1 Å². The second kappa shape index (κ2) is 5.57. The number of aromatic nitrogens is 2. The summed E-state index contributed by atoms with van der Waals surface area (Å²) in [6.45, 7) is 5.15. The van der Waals surface area contributed by atoms with Crippen LogP contribution in [0.25, 0.3) is 11.6 Å². The van der Waals surface area contributed by atoms with Crippen LogP contribution in [0, 0.1) is 5.92 Å². The lowest BCUT2D eigenvalue weighted by Crippen LogP contribution is -2.26. The van der Waals surface area contributed by atoms with Crippen molar-refractivity contribution in [1.29, 1.82) is 0 Å². The molecule has 0 N–H and O–H groups in total. The SMILES string of the molecule is CCCN(Cc1nc(-c2ccco2)no1)CC1CC1. The Bertz CT molecular complexity index is 503. The quantitative estimate of drug-likeness (QED) is 0.767. The Balaban J connectivity index is 1.64. The lowest BCUT2D eigenvalue weighted by molar-refractivity contribution is 0.219. The van der Waals surface area contributed by atoms with Crippen LogP contribution in [0.3, 0.4) is 0 Å². The fourth-order valence-corrected chi connectivity index (χ4v) is 2.23. The second-order valence-electron chi connectivity index (χ2n) is 5.17. The zero-order valence-corrected chi connectivity index (χ0v) is 11.2.